The minimum atomic E-state index is -3.76. The van der Waals surface area contributed by atoms with Crippen molar-refractivity contribution in [1.82, 2.24) is 9.29 Å². The number of fused-ring (bicyclic) bond motifs is 1. The summed E-state index contributed by atoms with van der Waals surface area (Å²) in [4.78, 5) is 4.72. The second kappa shape index (κ2) is 8.24. The van der Waals surface area contributed by atoms with Crippen molar-refractivity contribution in [2.24, 2.45) is 0 Å². The van der Waals surface area contributed by atoms with Crippen LogP contribution < -0.4 is 4.74 Å². The number of sulfonamides is 1. The van der Waals surface area contributed by atoms with Gasteiger partial charge in [-0.15, -0.1) is 0 Å². The molecule has 4 aromatic rings. The van der Waals surface area contributed by atoms with Gasteiger partial charge < -0.3 is 9.15 Å². The summed E-state index contributed by atoms with van der Waals surface area (Å²) in [6.07, 6.45) is 1.26. The molecule has 0 bridgehead atoms. The first-order valence-corrected chi connectivity index (χ1v) is 11.8. The molecule has 1 atom stereocenters. The standard InChI is InChI=1S/C24H20F2N2O4S/c1-31-17-6-8-18(9-7-17)33(29,30)28-12-2-3-22(28)24-27-21-14-16(5-11-23(21)32-24)15-4-10-19(25)20(26)13-15/h4-11,13-14,22H,2-3,12H2,1H3. The van der Waals surface area contributed by atoms with Gasteiger partial charge in [-0.2, -0.15) is 4.31 Å². The van der Waals surface area contributed by atoms with E-state index in [1.807, 2.05) is 0 Å². The van der Waals surface area contributed by atoms with Crippen LogP contribution in [0.5, 0.6) is 5.75 Å². The Morgan fingerprint density at radius 3 is 2.45 bits per heavy atom. The van der Waals surface area contributed by atoms with Crippen LogP contribution >= 0.6 is 0 Å². The number of hydrogen-bond donors (Lipinski definition) is 0. The van der Waals surface area contributed by atoms with Gasteiger partial charge in [-0.1, -0.05) is 12.1 Å². The Bertz CT molecular complexity index is 1430. The third-order valence-corrected chi connectivity index (χ3v) is 7.73. The zero-order valence-electron chi connectivity index (χ0n) is 17.7. The zero-order valence-corrected chi connectivity index (χ0v) is 18.5. The number of nitrogens with zero attached hydrogens (tertiary/aromatic N) is 2. The summed E-state index contributed by atoms with van der Waals surface area (Å²) in [5, 5.41) is 0. The van der Waals surface area contributed by atoms with E-state index >= 15 is 0 Å². The maximum atomic E-state index is 13.6. The lowest BCUT2D eigenvalue weighted by molar-refractivity contribution is 0.337. The van der Waals surface area contributed by atoms with Crippen molar-refractivity contribution < 1.29 is 26.4 Å². The molecule has 0 amide bonds. The molecular weight excluding hydrogens is 450 g/mol. The number of halogens is 2. The van der Waals surface area contributed by atoms with Gasteiger partial charge in [0.15, 0.2) is 17.2 Å². The van der Waals surface area contributed by atoms with Crippen LogP contribution in [0, 0.1) is 11.6 Å². The van der Waals surface area contributed by atoms with Crippen LogP contribution in [-0.2, 0) is 10.0 Å². The average Bonchev–Trinajstić information content (AvgIpc) is 3.48. The van der Waals surface area contributed by atoms with Crippen molar-refractivity contribution in [3.05, 3.63) is 78.2 Å². The van der Waals surface area contributed by atoms with Crippen LogP contribution in [-0.4, -0.2) is 31.4 Å². The fourth-order valence-electron chi connectivity index (χ4n) is 4.10. The van der Waals surface area contributed by atoms with E-state index in [1.165, 1.54) is 29.6 Å². The Labute approximate surface area is 189 Å². The first-order chi connectivity index (χ1) is 15.9. The molecule has 9 heteroatoms. The van der Waals surface area contributed by atoms with E-state index in [0.29, 0.717) is 53.3 Å². The summed E-state index contributed by atoms with van der Waals surface area (Å²) in [5.41, 5.74) is 2.16. The molecule has 1 fully saturated rings. The normalized spacial score (nSPS) is 17.0. The van der Waals surface area contributed by atoms with Crippen molar-refractivity contribution in [1.29, 1.82) is 0 Å². The monoisotopic (exact) mass is 470 g/mol. The van der Waals surface area contributed by atoms with Crippen LogP contribution in [0.15, 0.2) is 70.0 Å². The summed E-state index contributed by atoms with van der Waals surface area (Å²) in [7, 11) is -2.24. The van der Waals surface area contributed by atoms with E-state index in [2.05, 4.69) is 4.98 Å². The number of benzene rings is 3. The highest BCUT2D eigenvalue weighted by molar-refractivity contribution is 7.89. The molecule has 1 unspecified atom stereocenters. The fourth-order valence-corrected chi connectivity index (χ4v) is 5.75. The molecule has 0 N–H and O–H groups in total. The van der Waals surface area contributed by atoms with Crippen molar-refractivity contribution >= 4 is 21.1 Å². The molecule has 33 heavy (non-hydrogen) atoms. The van der Waals surface area contributed by atoms with Crippen molar-refractivity contribution in [2.45, 2.75) is 23.8 Å². The largest absolute Gasteiger partial charge is 0.497 e. The lowest BCUT2D eigenvalue weighted by atomic mass is 10.1. The molecule has 1 saturated heterocycles. The van der Waals surface area contributed by atoms with Crippen molar-refractivity contribution in [3.63, 3.8) is 0 Å². The second-order valence-corrected chi connectivity index (χ2v) is 9.70. The number of methoxy groups -OCH3 is 1. The van der Waals surface area contributed by atoms with Gasteiger partial charge in [0, 0.05) is 6.54 Å². The van der Waals surface area contributed by atoms with E-state index in [9.17, 15) is 17.2 Å². The second-order valence-electron chi connectivity index (χ2n) is 7.81. The van der Waals surface area contributed by atoms with Gasteiger partial charge in [0.1, 0.15) is 17.3 Å². The van der Waals surface area contributed by atoms with Crippen LogP contribution in [0.1, 0.15) is 24.8 Å². The van der Waals surface area contributed by atoms with Gasteiger partial charge in [-0.05, 0) is 72.5 Å². The molecule has 2 heterocycles. The minimum absolute atomic E-state index is 0.173. The Morgan fingerprint density at radius 1 is 1.00 bits per heavy atom. The van der Waals surface area contributed by atoms with Crippen molar-refractivity contribution in [2.75, 3.05) is 13.7 Å². The van der Waals surface area contributed by atoms with E-state index in [0.717, 1.165) is 12.1 Å². The van der Waals surface area contributed by atoms with E-state index in [4.69, 9.17) is 9.15 Å². The predicted octanol–water partition coefficient (Wildman–Crippen LogP) is 5.31. The topological polar surface area (TPSA) is 72.6 Å². The number of aromatic nitrogens is 1. The van der Waals surface area contributed by atoms with Crippen molar-refractivity contribution in [3.8, 4) is 16.9 Å². The van der Waals surface area contributed by atoms with Crippen LogP contribution in [0.2, 0.25) is 0 Å². The highest BCUT2D eigenvalue weighted by atomic mass is 32.2. The first kappa shape index (κ1) is 21.5. The van der Waals surface area contributed by atoms with Crippen LogP contribution in [0.3, 0.4) is 0 Å². The molecule has 0 spiro atoms. The maximum Gasteiger partial charge on any atom is 0.243 e. The summed E-state index contributed by atoms with van der Waals surface area (Å²) in [6.45, 7) is 0.359. The van der Waals surface area contributed by atoms with Crippen LogP contribution in [0.25, 0.3) is 22.2 Å². The minimum Gasteiger partial charge on any atom is -0.497 e. The molecule has 3 aromatic carbocycles. The molecule has 1 aliphatic rings. The number of rotatable bonds is 5. The van der Waals surface area contributed by atoms with Gasteiger partial charge in [0.25, 0.3) is 0 Å². The average molecular weight is 470 g/mol. The predicted molar refractivity (Wildman–Crippen MR) is 118 cm³/mol. The van der Waals surface area contributed by atoms with Gasteiger partial charge in [-0.25, -0.2) is 22.2 Å². The highest BCUT2D eigenvalue weighted by Crippen LogP contribution is 2.38. The molecule has 0 radical (unpaired) electrons. The Balaban J connectivity index is 1.48. The van der Waals surface area contributed by atoms with E-state index in [1.54, 1.807) is 30.3 Å². The lowest BCUT2D eigenvalue weighted by Crippen LogP contribution is -2.30. The summed E-state index contributed by atoms with van der Waals surface area (Å²) in [6, 6.07) is 14.5. The zero-order chi connectivity index (χ0) is 23.2. The Morgan fingerprint density at radius 2 is 1.73 bits per heavy atom. The summed E-state index contributed by atoms with van der Waals surface area (Å²) >= 11 is 0. The molecular formula is C24H20F2N2O4S. The van der Waals surface area contributed by atoms with Gasteiger partial charge in [0.05, 0.1) is 12.0 Å². The number of oxazole rings is 1. The molecule has 0 aliphatic carbocycles. The molecule has 1 aliphatic heterocycles. The maximum absolute atomic E-state index is 13.6. The third-order valence-electron chi connectivity index (χ3n) is 5.81. The molecule has 5 rings (SSSR count). The molecule has 170 valence electrons. The summed E-state index contributed by atoms with van der Waals surface area (Å²) < 4.78 is 65.9. The summed E-state index contributed by atoms with van der Waals surface area (Å²) in [5.74, 6) is -0.966. The quantitative estimate of drug-likeness (QED) is 0.395. The van der Waals surface area contributed by atoms with Gasteiger partial charge in [0.2, 0.25) is 15.9 Å². The molecule has 0 saturated carbocycles. The van der Waals surface area contributed by atoms with Crippen LogP contribution in [0.4, 0.5) is 8.78 Å². The lowest BCUT2D eigenvalue weighted by Gasteiger charge is -2.21. The van der Waals surface area contributed by atoms with Gasteiger partial charge >= 0.3 is 0 Å². The van der Waals surface area contributed by atoms with Gasteiger partial charge in [-0.3, -0.25) is 0 Å². The smallest absolute Gasteiger partial charge is 0.243 e. The SMILES string of the molecule is COc1ccc(S(=O)(=O)N2CCCC2c2nc3cc(-c4ccc(F)c(F)c4)ccc3o2)cc1. The molecule has 1 aromatic heterocycles. The third kappa shape index (κ3) is 3.87. The highest BCUT2D eigenvalue weighted by Gasteiger charge is 2.39. The molecule has 6 nitrogen and oxygen atoms in total. The Kier molecular flexibility index (Phi) is 5.38. The fraction of sp³-hybridized carbons (Fsp3) is 0.208. The Hall–Kier alpha value is -3.30. The number of hydrogen-bond acceptors (Lipinski definition) is 5. The first-order valence-electron chi connectivity index (χ1n) is 10.4. The van der Waals surface area contributed by atoms with E-state index < -0.39 is 27.7 Å². The van der Waals surface area contributed by atoms with E-state index in [-0.39, 0.29) is 4.90 Å². The number of ether oxygens (including phenoxy) is 1.